The summed E-state index contributed by atoms with van der Waals surface area (Å²) in [5.41, 5.74) is 0. The Hall–Kier alpha value is 0.0300. The average molecular weight is 267 g/mol. The molecule has 2 aliphatic rings. The largest absolute Gasteiger partial charge is 0.366 e. The highest BCUT2D eigenvalue weighted by Crippen LogP contribution is 2.21. The first-order chi connectivity index (χ1) is 7.27. The van der Waals surface area contributed by atoms with E-state index in [-0.39, 0.29) is 31.0 Å². The number of nitrogens with one attached hydrogen (secondary N) is 1. The van der Waals surface area contributed by atoms with E-state index in [1.807, 2.05) is 23.7 Å². The van der Waals surface area contributed by atoms with Gasteiger partial charge in [-0.2, -0.15) is 11.8 Å². The molecule has 2 aliphatic heterocycles. The van der Waals surface area contributed by atoms with Crippen molar-refractivity contribution >= 4 is 30.1 Å². The Morgan fingerprint density at radius 3 is 2.81 bits per heavy atom. The second-order valence-electron chi connectivity index (χ2n) is 4.11. The van der Waals surface area contributed by atoms with Gasteiger partial charge in [-0.3, -0.25) is 4.79 Å². The molecule has 0 bridgehead atoms. The van der Waals surface area contributed by atoms with E-state index in [4.69, 9.17) is 4.74 Å². The Bertz CT molecular complexity index is 233. The number of hydrogen-bond donors (Lipinski definition) is 1. The van der Waals surface area contributed by atoms with E-state index >= 15 is 0 Å². The maximum Gasteiger partial charge on any atom is 0.248 e. The Kier molecular flexibility index (Phi) is 5.89. The van der Waals surface area contributed by atoms with E-state index in [2.05, 4.69) is 5.32 Å². The van der Waals surface area contributed by atoms with E-state index in [1.54, 1.807) is 0 Å². The molecule has 0 aromatic rings. The number of nitrogens with zero attached hydrogens (tertiary/aromatic N) is 1. The topological polar surface area (TPSA) is 41.6 Å². The first-order valence-corrected chi connectivity index (χ1v) is 6.58. The van der Waals surface area contributed by atoms with Gasteiger partial charge in [0.15, 0.2) is 0 Å². The van der Waals surface area contributed by atoms with Crippen LogP contribution < -0.4 is 5.32 Å². The van der Waals surface area contributed by atoms with Gasteiger partial charge in [0.05, 0.1) is 6.10 Å². The third-order valence-corrected chi connectivity index (χ3v) is 4.18. The Balaban J connectivity index is 0.00000128. The zero-order valence-corrected chi connectivity index (χ0v) is 11.1. The van der Waals surface area contributed by atoms with Gasteiger partial charge in [0, 0.05) is 31.9 Å². The molecule has 0 saturated carbocycles. The molecule has 6 heteroatoms. The van der Waals surface area contributed by atoms with E-state index in [0.717, 1.165) is 25.3 Å². The molecule has 2 heterocycles. The van der Waals surface area contributed by atoms with Gasteiger partial charge in [0.25, 0.3) is 0 Å². The van der Waals surface area contributed by atoms with Crippen molar-refractivity contribution in [2.24, 2.45) is 0 Å². The maximum atomic E-state index is 11.7. The molecule has 1 unspecified atom stereocenters. The minimum atomic E-state index is 0. The van der Waals surface area contributed by atoms with Crippen LogP contribution in [0.2, 0.25) is 0 Å². The van der Waals surface area contributed by atoms with E-state index in [1.165, 1.54) is 5.75 Å². The molecule has 0 radical (unpaired) electrons. The van der Waals surface area contributed by atoms with Crippen molar-refractivity contribution in [3.05, 3.63) is 0 Å². The molecule has 0 aliphatic carbocycles. The van der Waals surface area contributed by atoms with Gasteiger partial charge in [-0.1, -0.05) is 0 Å². The van der Waals surface area contributed by atoms with Crippen LogP contribution in [0.1, 0.15) is 6.42 Å². The van der Waals surface area contributed by atoms with E-state index < -0.39 is 0 Å². The predicted molar refractivity (Wildman–Crippen MR) is 68.4 cm³/mol. The molecule has 1 N–H and O–H groups in total. The SMILES string of the molecule is CN(C(=O)COC1CNC1)C1CCSC1.Cl. The van der Waals surface area contributed by atoms with Crippen molar-refractivity contribution in [1.29, 1.82) is 0 Å². The second kappa shape index (κ2) is 6.69. The number of thioether (sulfide) groups is 1. The summed E-state index contributed by atoms with van der Waals surface area (Å²) < 4.78 is 5.46. The van der Waals surface area contributed by atoms with Gasteiger partial charge in [-0.05, 0) is 12.2 Å². The van der Waals surface area contributed by atoms with Crippen LogP contribution in [0.4, 0.5) is 0 Å². The summed E-state index contributed by atoms with van der Waals surface area (Å²) >= 11 is 1.92. The highest BCUT2D eigenvalue weighted by molar-refractivity contribution is 7.99. The van der Waals surface area contributed by atoms with Crippen LogP contribution in [0.5, 0.6) is 0 Å². The van der Waals surface area contributed by atoms with Gasteiger partial charge in [-0.25, -0.2) is 0 Å². The van der Waals surface area contributed by atoms with Crippen LogP contribution >= 0.6 is 24.2 Å². The minimum Gasteiger partial charge on any atom is -0.366 e. The molecular weight excluding hydrogens is 248 g/mol. The van der Waals surface area contributed by atoms with E-state index in [0.29, 0.717) is 6.04 Å². The molecule has 1 atom stereocenters. The Labute approximate surface area is 107 Å². The summed E-state index contributed by atoms with van der Waals surface area (Å²) in [6, 6.07) is 0.422. The highest BCUT2D eigenvalue weighted by Gasteiger charge is 2.25. The van der Waals surface area contributed by atoms with Crippen molar-refractivity contribution in [3.63, 3.8) is 0 Å². The number of halogens is 1. The molecule has 2 saturated heterocycles. The van der Waals surface area contributed by atoms with Crippen molar-refractivity contribution in [2.75, 3.05) is 38.2 Å². The van der Waals surface area contributed by atoms with Crippen LogP contribution in [0.3, 0.4) is 0 Å². The quantitative estimate of drug-likeness (QED) is 0.798. The number of rotatable bonds is 4. The van der Waals surface area contributed by atoms with Gasteiger partial charge in [-0.15, -0.1) is 12.4 Å². The zero-order chi connectivity index (χ0) is 10.7. The van der Waals surface area contributed by atoms with Gasteiger partial charge in [0.2, 0.25) is 5.91 Å². The number of ether oxygens (including phenoxy) is 1. The molecule has 0 aromatic heterocycles. The number of hydrogen-bond acceptors (Lipinski definition) is 4. The van der Waals surface area contributed by atoms with Crippen molar-refractivity contribution in [3.8, 4) is 0 Å². The first kappa shape index (κ1) is 14.1. The van der Waals surface area contributed by atoms with Crippen LogP contribution in [0.15, 0.2) is 0 Å². The third kappa shape index (κ3) is 3.52. The van der Waals surface area contributed by atoms with Crippen molar-refractivity contribution < 1.29 is 9.53 Å². The number of amides is 1. The molecular formula is C10H19ClN2O2S. The lowest BCUT2D eigenvalue weighted by Crippen LogP contribution is -2.50. The summed E-state index contributed by atoms with van der Waals surface area (Å²) in [5, 5.41) is 3.12. The fourth-order valence-electron chi connectivity index (χ4n) is 1.70. The molecule has 1 amide bonds. The fourth-order valence-corrected chi connectivity index (χ4v) is 2.97. The van der Waals surface area contributed by atoms with Crippen LogP contribution in [-0.4, -0.2) is 61.2 Å². The number of likely N-dealkylation sites (N-methyl/N-ethyl adjacent to an activating group) is 1. The lowest BCUT2D eigenvalue weighted by Gasteiger charge is -2.29. The van der Waals surface area contributed by atoms with E-state index in [9.17, 15) is 4.79 Å². The lowest BCUT2D eigenvalue weighted by atomic mass is 10.2. The molecule has 2 rings (SSSR count). The van der Waals surface area contributed by atoms with Gasteiger partial charge < -0.3 is 15.0 Å². The van der Waals surface area contributed by atoms with Gasteiger partial charge in [0.1, 0.15) is 6.61 Å². The van der Waals surface area contributed by atoms with Crippen molar-refractivity contribution in [1.82, 2.24) is 10.2 Å². The number of carbonyl (C=O) groups is 1. The van der Waals surface area contributed by atoms with Crippen LogP contribution in [0.25, 0.3) is 0 Å². The molecule has 2 fully saturated rings. The molecule has 94 valence electrons. The summed E-state index contributed by atoms with van der Waals surface area (Å²) in [6.45, 7) is 2.01. The molecule has 4 nitrogen and oxygen atoms in total. The first-order valence-electron chi connectivity index (χ1n) is 5.43. The Morgan fingerprint density at radius 2 is 2.31 bits per heavy atom. The second-order valence-corrected chi connectivity index (χ2v) is 5.26. The minimum absolute atomic E-state index is 0. The summed E-state index contributed by atoms with van der Waals surface area (Å²) in [5.74, 6) is 2.37. The molecule has 0 spiro atoms. The summed E-state index contributed by atoms with van der Waals surface area (Å²) in [4.78, 5) is 13.6. The maximum absolute atomic E-state index is 11.7. The summed E-state index contributed by atoms with van der Waals surface area (Å²) in [7, 11) is 1.89. The normalized spacial score (nSPS) is 24.7. The zero-order valence-electron chi connectivity index (χ0n) is 9.48. The monoisotopic (exact) mass is 266 g/mol. The third-order valence-electron chi connectivity index (χ3n) is 3.03. The average Bonchev–Trinajstić information content (AvgIpc) is 2.66. The smallest absolute Gasteiger partial charge is 0.248 e. The van der Waals surface area contributed by atoms with Crippen LogP contribution in [-0.2, 0) is 9.53 Å². The Morgan fingerprint density at radius 1 is 1.56 bits per heavy atom. The lowest BCUT2D eigenvalue weighted by molar-refractivity contribution is -0.139. The predicted octanol–water partition coefficient (Wildman–Crippen LogP) is 0.360. The molecule has 0 aromatic carbocycles. The van der Waals surface area contributed by atoms with Crippen LogP contribution in [0, 0.1) is 0 Å². The standard InChI is InChI=1S/C10H18N2O2S.ClH/c1-12(8-2-3-15-7-8)10(13)6-14-9-4-11-5-9;/h8-9,11H,2-7H2,1H3;1H. The number of carbonyl (C=O) groups excluding carboxylic acids is 1. The summed E-state index contributed by atoms with van der Waals surface area (Å²) in [6.07, 6.45) is 1.37. The van der Waals surface area contributed by atoms with Crippen molar-refractivity contribution in [2.45, 2.75) is 18.6 Å². The molecule has 16 heavy (non-hydrogen) atoms. The highest BCUT2D eigenvalue weighted by atomic mass is 35.5. The van der Waals surface area contributed by atoms with Gasteiger partial charge >= 0.3 is 0 Å². The fraction of sp³-hybridized carbons (Fsp3) is 0.900.